The lowest BCUT2D eigenvalue weighted by Crippen LogP contribution is -2.30. The first-order valence-electron chi connectivity index (χ1n) is 3.79. The highest BCUT2D eigenvalue weighted by Crippen LogP contribution is 2.09. The van der Waals surface area contributed by atoms with Crippen molar-refractivity contribution in [3.8, 4) is 0 Å². The maximum atomic E-state index is 11.1. The van der Waals surface area contributed by atoms with E-state index >= 15 is 0 Å². The van der Waals surface area contributed by atoms with Crippen molar-refractivity contribution in [2.45, 2.75) is 33.3 Å². The summed E-state index contributed by atoms with van der Waals surface area (Å²) in [6, 6.07) is 0. The van der Waals surface area contributed by atoms with E-state index in [1.54, 1.807) is 6.92 Å². The Morgan fingerprint density at radius 3 is 2.27 bits per heavy atom. The van der Waals surface area contributed by atoms with Crippen LogP contribution in [0.5, 0.6) is 0 Å². The first kappa shape index (κ1) is 10.4. The molecule has 3 heteroatoms. The topological polar surface area (TPSA) is 52.3 Å². The predicted octanol–water partition coefficient (Wildman–Crippen LogP) is 0.923. The van der Waals surface area contributed by atoms with Gasteiger partial charge in [-0.15, -0.1) is 0 Å². The smallest absolute Gasteiger partial charge is 0.310 e. The van der Waals surface area contributed by atoms with Gasteiger partial charge in [-0.05, 0) is 20.8 Å². The average molecular weight is 159 g/mol. The summed E-state index contributed by atoms with van der Waals surface area (Å²) in [5.41, 5.74) is 4.89. The zero-order valence-electron chi connectivity index (χ0n) is 7.68. The van der Waals surface area contributed by atoms with E-state index in [1.807, 2.05) is 20.8 Å². The second-order valence-corrected chi connectivity index (χ2v) is 3.67. The molecule has 11 heavy (non-hydrogen) atoms. The Morgan fingerprint density at radius 2 is 2.00 bits per heavy atom. The highest BCUT2D eigenvalue weighted by molar-refractivity contribution is 5.72. The first-order chi connectivity index (χ1) is 4.87. The third-order valence-electron chi connectivity index (χ3n) is 1.16. The molecule has 0 aromatic rings. The molecule has 0 heterocycles. The van der Waals surface area contributed by atoms with Gasteiger partial charge in [0.2, 0.25) is 0 Å². The molecule has 0 amide bonds. The van der Waals surface area contributed by atoms with Gasteiger partial charge in [-0.1, -0.05) is 6.92 Å². The molecule has 66 valence electrons. The van der Waals surface area contributed by atoms with Crippen LogP contribution in [-0.2, 0) is 9.53 Å². The second kappa shape index (κ2) is 3.72. The van der Waals surface area contributed by atoms with E-state index in [0.29, 0.717) is 6.54 Å². The fourth-order valence-electron chi connectivity index (χ4n) is 0.499. The predicted molar refractivity (Wildman–Crippen MR) is 44.1 cm³/mol. The highest BCUT2D eigenvalue weighted by atomic mass is 16.6. The third-order valence-corrected chi connectivity index (χ3v) is 1.16. The van der Waals surface area contributed by atoms with Gasteiger partial charge in [0.15, 0.2) is 0 Å². The fourth-order valence-corrected chi connectivity index (χ4v) is 0.499. The minimum absolute atomic E-state index is 0.200. The van der Waals surface area contributed by atoms with Crippen LogP contribution in [0.15, 0.2) is 0 Å². The van der Waals surface area contributed by atoms with E-state index in [2.05, 4.69) is 0 Å². The van der Waals surface area contributed by atoms with E-state index in [9.17, 15) is 4.79 Å². The SMILES string of the molecule is C[C@@H](CN)C(=O)OC(C)(C)C. The molecule has 0 rings (SSSR count). The van der Waals surface area contributed by atoms with Crippen molar-refractivity contribution in [3.63, 3.8) is 0 Å². The summed E-state index contributed by atoms with van der Waals surface area (Å²) < 4.78 is 5.07. The summed E-state index contributed by atoms with van der Waals surface area (Å²) >= 11 is 0. The number of hydrogen-bond acceptors (Lipinski definition) is 3. The molecule has 0 saturated carbocycles. The van der Waals surface area contributed by atoms with Gasteiger partial charge < -0.3 is 10.5 Å². The fraction of sp³-hybridized carbons (Fsp3) is 0.875. The van der Waals surface area contributed by atoms with E-state index in [4.69, 9.17) is 10.5 Å². The van der Waals surface area contributed by atoms with Crippen LogP contribution < -0.4 is 5.73 Å². The summed E-state index contributed by atoms with van der Waals surface area (Å²) in [4.78, 5) is 11.1. The maximum absolute atomic E-state index is 11.1. The number of ether oxygens (including phenoxy) is 1. The molecular weight excluding hydrogens is 142 g/mol. The Bertz CT molecular complexity index is 138. The lowest BCUT2D eigenvalue weighted by molar-refractivity contribution is -0.158. The minimum atomic E-state index is -0.402. The van der Waals surface area contributed by atoms with Crippen LogP contribution in [0.1, 0.15) is 27.7 Å². The van der Waals surface area contributed by atoms with E-state index in [0.717, 1.165) is 0 Å². The number of carbonyl (C=O) groups is 1. The van der Waals surface area contributed by atoms with Crippen molar-refractivity contribution in [1.29, 1.82) is 0 Å². The largest absolute Gasteiger partial charge is 0.460 e. The van der Waals surface area contributed by atoms with Gasteiger partial charge in [0, 0.05) is 6.54 Å². The summed E-state index contributed by atoms with van der Waals surface area (Å²) in [5.74, 6) is -0.422. The van der Waals surface area contributed by atoms with Crippen LogP contribution in [0.2, 0.25) is 0 Å². The summed E-state index contributed by atoms with van der Waals surface area (Å²) in [6.07, 6.45) is 0. The molecule has 3 nitrogen and oxygen atoms in total. The Hall–Kier alpha value is -0.570. The maximum Gasteiger partial charge on any atom is 0.310 e. The van der Waals surface area contributed by atoms with Crippen LogP contribution >= 0.6 is 0 Å². The van der Waals surface area contributed by atoms with Crippen LogP contribution in [0, 0.1) is 5.92 Å². The van der Waals surface area contributed by atoms with Crippen molar-refractivity contribution in [3.05, 3.63) is 0 Å². The lowest BCUT2D eigenvalue weighted by atomic mass is 10.1. The quantitative estimate of drug-likeness (QED) is 0.610. The average Bonchev–Trinajstić information content (AvgIpc) is 1.82. The van der Waals surface area contributed by atoms with E-state index in [1.165, 1.54) is 0 Å². The van der Waals surface area contributed by atoms with Gasteiger partial charge in [-0.25, -0.2) is 0 Å². The van der Waals surface area contributed by atoms with E-state index < -0.39 is 5.60 Å². The minimum Gasteiger partial charge on any atom is -0.460 e. The Balaban J connectivity index is 3.88. The molecule has 0 spiro atoms. The molecule has 0 aliphatic rings. The number of esters is 1. The molecular formula is C8H17NO2. The van der Waals surface area contributed by atoms with Crippen molar-refractivity contribution in [1.82, 2.24) is 0 Å². The Labute approximate surface area is 67.9 Å². The first-order valence-corrected chi connectivity index (χ1v) is 3.79. The Kier molecular flexibility index (Phi) is 3.52. The van der Waals surface area contributed by atoms with Crippen molar-refractivity contribution < 1.29 is 9.53 Å². The molecule has 0 aliphatic heterocycles. The van der Waals surface area contributed by atoms with Crippen LogP contribution in [0.4, 0.5) is 0 Å². The van der Waals surface area contributed by atoms with E-state index in [-0.39, 0.29) is 11.9 Å². The second-order valence-electron chi connectivity index (χ2n) is 3.67. The highest BCUT2D eigenvalue weighted by Gasteiger charge is 2.20. The van der Waals surface area contributed by atoms with Crippen molar-refractivity contribution >= 4 is 5.97 Å². The van der Waals surface area contributed by atoms with Gasteiger partial charge in [0.05, 0.1) is 5.92 Å². The zero-order chi connectivity index (χ0) is 9.07. The van der Waals surface area contributed by atoms with Crippen LogP contribution in [0.25, 0.3) is 0 Å². The van der Waals surface area contributed by atoms with Crippen molar-refractivity contribution in [2.75, 3.05) is 6.54 Å². The molecule has 0 radical (unpaired) electrons. The summed E-state index contributed by atoms with van der Waals surface area (Å²) in [5, 5.41) is 0. The Morgan fingerprint density at radius 1 is 1.55 bits per heavy atom. The van der Waals surface area contributed by atoms with Gasteiger partial charge in [-0.2, -0.15) is 0 Å². The molecule has 0 aromatic heterocycles. The lowest BCUT2D eigenvalue weighted by Gasteiger charge is -2.21. The molecule has 0 saturated heterocycles. The van der Waals surface area contributed by atoms with Gasteiger partial charge in [0.25, 0.3) is 0 Å². The van der Waals surface area contributed by atoms with Gasteiger partial charge >= 0.3 is 5.97 Å². The van der Waals surface area contributed by atoms with Gasteiger partial charge in [-0.3, -0.25) is 4.79 Å². The van der Waals surface area contributed by atoms with Gasteiger partial charge in [0.1, 0.15) is 5.60 Å². The van der Waals surface area contributed by atoms with Crippen molar-refractivity contribution in [2.24, 2.45) is 11.7 Å². The third kappa shape index (κ3) is 4.79. The molecule has 0 fully saturated rings. The molecule has 0 unspecified atom stereocenters. The zero-order valence-corrected chi connectivity index (χ0v) is 7.68. The molecule has 0 bridgehead atoms. The number of hydrogen-bond donors (Lipinski definition) is 1. The monoisotopic (exact) mass is 159 g/mol. The summed E-state index contributed by atoms with van der Waals surface area (Å²) in [7, 11) is 0. The molecule has 0 aromatic carbocycles. The molecule has 0 aliphatic carbocycles. The number of rotatable bonds is 2. The normalized spacial score (nSPS) is 14.3. The standard InChI is InChI=1S/C8H17NO2/c1-6(5-9)7(10)11-8(2,3)4/h6H,5,9H2,1-4H3/t6-/m0/s1. The van der Waals surface area contributed by atoms with Crippen LogP contribution in [0.3, 0.4) is 0 Å². The summed E-state index contributed by atoms with van der Waals surface area (Å²) in [6.45, 7) is 7.62. The molecule has 1 atom stereocenters. The molecule has 2 N–H and O–H groups in total. The number of carbonyl (C=O) groups excluding carboxylic acids is 1. The van der Waals surface area contributed by atoms with Crippen LogP contribution in [-0.4, -0.2) is 18.1 Å². The number of nitrogens with two attached hydrogens (primary N) is 1.